The molecule has 3 nitrogen and oxygen atoms in total. The van der Waals surface area contributed by atoms with Crippen molar-refractivity contribution in [2.45, 2.75) is 26.7 Å². The highest BCUT2D eigenvalue weighted by Gasteiger charge is 2.52. The van der Waals surface area contributed by atoms with Gasteiger partial charge in [0.25, 0.3) is 5.97 Å². The van der Waals surface area contributed by atoms with E-state index in [4.69, 9.17) is 14.2 Å². The summed E-state index contributed by atoms with van der Waals surface area (Å²) in [4.78, 5) is 0. The Bertz CT molecular complexity index is 164. The minimum atomic E-state index is -0.738. The highest BCUT2D eigenvalue weighted by atomic mass is 16.9. The second-order valence-corrected chi connectivity index (χ2v) is 4.43. The van der Waals surface area contributed by atoms with Gasteiger partial charge in [-0.1, -0.05) is 20.8 Å². The molecule has 0 spiro atoms. The highest BCUT2D eigenvalue weighted by Crippen LogP contribution is 2.41. The largest absolute Gasteiger partial charge is 0.326 e. The van der Waals surface area contributed by atoms with Crippen LogP contribution >= 0.6 is 0 Å². The van der Waals surface area contributed by atoms with Gasteiger partial charge in [0.15, 0.2) is 0 Å². The summed E-state index contributed by atoms with van der Waals surface area (Å²) in [5, 5.41) is 0. The molecule has 2 bridgehead atoms. The van der Waals surface area contributed by atoms with E-state index in [1.54, 1.807) is 0 Å². The van der Waals surface area contributed by atoms with Crippen molar-refractivity contribution in [1.82, 2.24) is 0 Å². The average Bonchev–Trinajstić information content (AvgIpc) is 2.06. The first kappa shape index (κ1) is 8.48. The van der Waals surface area contributed by atoms with Crippen LogP contribution in [0.1, 0.15) is 20.8 Å². The lowest BCUT2D eigenvalue weighted by atomic mass is 9.90. The van der Waals surface area contributed by atoms with Gasteiger partial charge in [-0.05, 0) is 0 Å². The Morgan fingerprint density at radius 2 is 1.42 bits per heavy atom. The molecule has 3 fully saturated rings. The summed E-state index contributed by atoms with van der Waals surface area (Å²) in [5.74, 6) is -0.486. The van der Waals surface area contributed by atoms with Crippen LogP contribution in [0.3, 0.4) is 0 Å². The third-order valence-electron chi connectivity index (χ3n) is 2.57. The molecule has 3 rings (SSSR count). The minimum Gasteiger partial charge on any atom is -0.326 e. The van der Waals surface area contributed by atoms with Crippen LogP contribution in [0.15, 0.2) is 0 Å². The molecule has 0 atom stereocenters. The third kappa shape index (κ3) is 1.08. The summed E-state index contributed by atoms with van der Waals surface area (Å²) >= 11 is 0. The average molecular weight is 172 g/mol. The smallest absolute Gasteiger partial charge is 0.285 e. The van der Waals surface area contributed by atoms with Crippen molar-refractivity contribution >= 4 is 0 Å². The molecule has 0 aromatic heterocycles. The Morgan fingerprint density at radius 1 is 1.00 bits per heavy atom. The van der Waals surface area contributed by atoms with Crippen molar-refractivity contribution in [3.8, 4) is 0 Å². The highest BCUT2D eigenvalue weighted by molar-refractivity contribution is 4.85. The van der Waals surface area contributed by atoms with Crippen LogP contribution < -0.4 is 0 Å². The summed E-state index contributed by atoms with van der Waals surface area (Å²) in [6.45, 7) is 8.49. The molecular weight excluding hydrogens is 156 g/mol. The van der Waals surface area contributed by atoms with Crippen LogP contribution in [-0.4, -0.2) is 25.8 Å². The maximum absolute atomic E-state index is 5.58. The van der Waals surface area contributed by atoms with Crippen molar-refractivity contribution in [3.63, 3.8) is 0 Å². The van der Waals surface area contributed by atoms with E-state index in [1.165, 1.54) is 0 Å². The normalized spacial score (nSPS) is 47.0. The number of fused-ring (bicyclic) bond motifs is 3. The topological polar surface area (TPSA) is 27.7 Å². The van der Waals surface area contributed by atoms with Gasteiger partial charge in [0, 0.05) is 11.3 Å². The quantitative estimate of drug-likeness (QED) is 0.598. The van der Waals surface area contributed by atoms with Gasteiger partial charge in [-0.3, -0.25) is 0 Å². The van der Waals surface area contributed by atoms with E-state index in [2.05, 4.69) is 6.92 Å². The minimum absolute atomic E-state index is 0.0800. The predicted octanol–water partition coefficient (Wildman–Crippen LogP) is 1.38. The number of hydrogen-bond acceptors (Lipinski definition) is 3. The second kappa shape index (κ2) is 2.44. The molecule has 0 N–H and O–H groups in total. The first-order valence-electron chi connectivity index (χ1n) is 4.48. The zero-order valence-electron chi connectivity index (χ0n) is 7.92. The fourth-order valence-corrected chi connectivity index (χ4v) is 1.57. The molecule has 3 saturated heterocycles. The molecule has 70 valence electrons. The lowest BCUT2D eigenvalue weighted by Crippen LogP contribution is -2.61. The van der Waals surface area contributed by atoms with Crippen molar-refractivity contribution in [2.75, 3.05) is 19.8 Å². The molecule has 12 heavy (non-hydrogen) atoms. The molecule has 3 heterocycles. The molecule has 0 aliphatic carbocycles. The van der Waals surface area contributed by atoms with Crippen LogP contribution in [0.4, 0.5) is 0 Å². The molecule has 0 amide bonds. The summed E-state index contributed by atoms with van der Waals surface area (Å²) in [6, 6.07) is 0. The second-order valence-electron chi connectivity index (χ2n) is 4.43. The standard InChI is InChI=1S/C9H16O3/c1-7(2)9-10-4-8(3,5-11-9)6-12-9/h7H,4-6H2,1-3H3. The van der Waals surface area contributed by atoms with E-state index in [0.29, 0.717) is 0 Å². The first-order valence-corrected chi connectivity index (χ1v) is 4.48. The predicted molar refractivity (Wildman–Crippen MR) is 43.5 cm³/mol. The lowest BCUT2D eigenvalue weighted by molar-refractivity contribution is -0.480. The molecule has 0 unspecified atom stereocenters. The van der Waals surface area contributed by atoms with Gasteiger partial charge in [-0.15, -0.1) is 0 Å². The fourth-order valence-electron chi connectivity index (χ4n) is 1.57. The Hall–Kier alpha value is -0.120. The summed E-state index contributed by atoms with van der Waals surface area (Å²) in [6.07, 6.45) is 0. The number of ether oxygens (including phenoxy) is 3. The van der Waals surface area contributed by atoms with Crippen molar-refractivity contribution in [2.24, 2.45) is 11.3 Å². The van der Waals surface area contributed by atoms with Crippen molar-refractivity contribution in [3.05, 3.63) is 0 Å². The zero-order valence-corrected chi connectivity index (χ0v) is 7.92. The first-order chi connectivity index (χ1) is 5.56. The number of hydrogen-bond donors (Lipinski definition) is 0. The van der Waals surface area contributed by atoms with Crippen LogP contribution in [-0.2, 0) is 14.2 Å². The summed E-state index contributed by atoms with van der Waals surface area (Å²) < 4.78 is 16.8. The van der Waals surface area contributed by atoms with Gasteiger partial charge < -0.3 is 14.2 Å². The Labute approximate surface area is 73.0 Å². The Kier molecular flexibility index (Phi) is 1.72. The van der Waals surface area contributed by atoms with E-state index >= 15 is 0 Å². The zero-order chi connectivity index (χ0) is 8.82. The van der Waals surface area contributed by atoms with Crippen LogP contribution in [0.5, 0.6) is 0 Å². The molecule has 3 aliphatic heterocycles. The number of rotatable bonds is 1. The SMILES string of the molecule is CC(C)C12OCC(C)(CO1)CO2. The molecule has 3 aliphatic rings. The van der Waals surface area contributed by atoms with Gasteiger partial charge in [-0.25, -0.2) is 0 Å². The van der Waals surface area contributed by atoms with E-state index in [1.807, 2.05) is 13.8 Å². The van der Waals surface area contributed by atoms with Gasteiger partial charge >= 0.3 is 0 Å². The van der Waals surface area contributed by atoms with Crippen molar-refractivity contribution < 1.29 is 14.2 Å². The lowest BCUT2D eigenvalue weighted by Gasteiger charge is -2.52. The van der Waals surface area contributed by atoms with E-state index in [0.717, 1.165) is 19.8 Å². The Balaban J connectivity index is 2.14. The molecule has 0 aromatic carbocycles. The van der Waals surface area contributed by atoms with Gasteiger partial charge in [0.2, 0.25) is 0 Å². The summed E-state index contributed by atoms with van der Waals surface area (Å²) in [5.41, 5.74) is 0.0800. The van der Waals surface area contributed by atoms with E-state index < -0.39 is 5.97 Å². The molecule has 0 radical (unpaired) electrons. The fraction of sp³-hybridized carbons (Fsp3) is 1.00. The molecule has 0 saturated carbocycles. The van der Waals surface area contributed by atoms with Crippen LogP contribution in [0.25, 0.3) is 0 Å². The van der Waals surface area contributed by atoms with Crippen LogP contribution in [0, 0.1) is 11.3 Å². The Morgan fingerprint density at radius 3 is 1.75 bits per heavy atom. The van der Waals surface area contributed by atoms with Gasteiger partial charge in [0.1, 0.15) is 0 Å². The maximum atomic E-state index is 5.58. The van der Waals surface area contributed by atoms with Gasteiger partial charge in [-0.2, -0.15) is 0 Å². The van der Waals surface area contributed by atoms with Crippen LogP contribution in [0.2, 0.25) is 0 Å². The summed E-state index contributed by atoms with van der Waals surface area (Å²) in [7, 11) is 0. The maximum Gasteiger partial charge on any atom is 0.285 e. The van der Waals surface area contributed by atoms with E-state index in [9.17, 15) is 0 Å². The molecular formula is C9H16O3. The molecule has 0 aromatic rings. The van der Waals surface area contributed by atoms with Crippen molar-refractivity contribution in [1.29, 1.82) is 0 Å². The third-order valence-corrected chi connectivity index (χ3v) is 2.57. The molecule has 3 heteroatoms. The monoisotopic (exact) mass is 172 g/mol. The van der Waals surface area contributed by atoms with Gasteiger partial charge in [0.05, 0.1) is 19.8 Å². The van der Waals surface area contributed by atoms with E-state index in [-0.39, 0.29) is 11.3 Å².